The van der Waals surface area contributed by atoms with Crippen LogP contribution in [0.5, 0.6) is 0 Å². The van der Waals surface area contributed by atoms with Gasteiger partial charge >= 0.3 is 0 Å². The fraction of sp³-hybridized carbons (Fsp3) is 0.643. The molecule has 2 aliphatic heterocycles. The van der Waals surface area contributed by atoms with Gasteiger partial charge in [-0.3, -0.25) is 4.79 Å². The van der Waals surface area contributed by atoms with Gasteiger partial charge in [-0.2, -0.15) is 0 Å². The molecule has 2 aliphatic rings. The molecule has 7 heteroatoms. The van der Waals surface area contributed by atoms with Crippen LogP contribution in [-0.4, -0.2) is 46.6 Å². The Bertz CT molecular complexity index is 552. The van der Waals surface area contributed by atoms with E-state index in [0.717, 1.165) is 48.8 Å². The molecule has 0 spiro atoms. The Kier molecular flexibility index (Phi) is 4.45. The summed E-state index contributed by atoms with van der Waals surface area (Å²) in [5.74, 6) is 0.536. The van der Waals surface area contributed by atoms with Crippen molar-refractivity contribution in [2.45, 2.75) is 38.2 Å². The maximum Gasteiger partial charge on any atom is 0.237 e. The summed E-state index contributed by atoms with van der Waals surface area (Å²) in [6, 6.07) is 0. The van der Waals surface area contributed by atoms with E-state index in [1.807, 2.05) is 11.8 Å². The summed E-state index contributed by atoms with van der Waals surface area (Å²) in [6.45, 7) is 3.55. The predicted octanol–water partition coefficient (Wildman–Crippen LogP) is 2.60. The molecule has 0 aliphatic carbocycles. The van der Waals surface area contributed by atoms with E-state index < -0.39 is 0 Å². The minimum absolute atomic E-state index is 0.0291. The summed E-state index contributed by atoms with van der Waals surface area (Å²) in [6.07, 6.45) is 2.88. The van der Waals surface area contributed by atoms with E-state index in [4.69, 9.17) is 21.4 Å². The number of nitrogens with zero attached hydrogens (tertiary/aromatic N) is 3. The average Bonchev–Trinajstić information content (AvgIpc) is 3.15. The van der Waals surface area contributed by atoms with Gasteiger partial charge in [0.2, 0.25) is 5.91 Å². The molecule has 1 saturated heterocycles. The summed E-state index contributed by atoms with van der Waals surface area (Å²) < 4.78 is 0. The first-order valence-corrected chi connectivity index (χ1v) is 8.61. The van der Waals surface area contributed by atoms with Gasteiger partial charge in [-0.25, -0.2) is 4.98 Å². The van der Waals surface area contributed by atoms with Crippen molar-refractivity contribution in [2.24, 2.45) is 5.16 Å². The minimum atomic E-state index is 0.0291. The van der Waals surface area contributed by atoms with E-state index in [2.05, 4.69) is 10.5 Å². The summed E-state index contributed by atoms with van der Waals surface area (Å²) >= 11 is 7.28. The van der Waals surface area contributed by atoms with Crippen molar-refractivity contribution in [3.05, 3.63) is 16.1 Å². The number of carbonyl (C=O) groups excluding carboxylic acids is 1. The van der Waals surface area contributed by atoms with E-state index in [1.165, 1.54) is 0 Å². The molecule has 1 aromatic heterocycles. The van der Waals surface area contributed by atoms with Crippen LogP contribution in [0.1, 0.15) is 42.8 Å². The van der Waals surface area contributed by atoms with Crippen molar-refractivity contribution in [3.8, 4) is 0 Å². The van der Waals surface area contributed by atoms with E-state index in [-0.39, 0.29) is 17.9 Å². The molecule has 0 aromatic carbocycles. The standard InChI is InChI=1S/C14H18ClN3O2S/c1-9-6-11(17-20-9)12-8-21-14(16-12)10-2-4-18(5-3-10)13(19)7-15/h8-10H,2-7H2,1H3. The number of alkyl halides is 1. The van der Waals surface area contributed by atoms with Crippen molar-refractivity contribution >= 4 is 34.6 Å². The number of aromatic nitrogens is 1. The van der Waals surface area contributed by atoms with Crippen molar-refractivity contribution in [2.75, 3.05) is 19.0 Å². The lowest BCUT2D eigenvalue weighted by atomic mass is 9.97. The van der Waals surface area contributed by atoms with Gasteiger partial charge in [0.05, 0.1) is 10.7 Å². The molecular formula is C14H18ClN3O2S. The average molecular weight is 328 g/mol. The molecule has 1 fully saturated rings. The summed E-state index contributed by atoms with van der Waals surface area (Å²) in [4.78, 5) is 23.4. The van der Waals surface area contributed by atoms with E-state index in [1.54, 1.807) is 11.3 Å². The van der Waals surface area contributed by atoms with Gasteiger partial charge in [-0.05, 0) is 19.8 Å². The molecule has 0 radical (unpaired) electrons. The maximum atomic E-state index is 11.6. The number of thiazole rings is 1. The van der Waals surface area contributed by atoms with Crippen LogP contribution >= 0.6 is 22.9 Å². The molecule has 0 bridgehead atoms. The first-order valence-electron chi connectivity index (χ1n) is 7.19. The topological polar surface area (TPSA) is 54.8 Å². The quantitative estimate of drug-likeness (QED) is 0.802. The lowest BCUT2D eigenvalue weighted by Crippen LogP contribution is -2.38. The van der Waals surface area contributed by atoms with Gasteiger partial charge in [0.1, 0.15) is 17.7 Å². The highest BCUT2D eigenvalue weighted by Gasteiger charge is 2.26. The van der Waals surface area contributed by atoms with Crippen LogP contribution in [0.2, 0.25) is 0 Å². The minimum Gasteiger partial charge on any atom is -0.392 e. The molecule has 1 aromatic rings. The SMILES string of the molecule is CC1CC(c2csc(C3CCN(C(=O)CCl)CC3)n2)=NO1. The van der Waals surface area contributed by atoms with Crippen molar-refractivity contribution in [1.29, 1.82) is 0 Å². The molecular weight excluding hydrogens is 310 g/mol. The third-order valence-corrected chi connectivity index (χ3v) is 5.19. The number of oxime groups is 1. The van der Waals surface area contributed by atoms with Crippen LogP contribution in [0.15, 0.2) is 10.5 Å². The summed E-state index contributed by atoms with van der Waals surface area (Å²) in [7, 11) is 0. The number of hydrogen-bond donors (Lipinski definition) is 0. The fourth-order valence-corrected chi connectivity index (χ4v) is 3.89. The zero-order valence-corrected chi connectivity index (χ0v) is 13.5. The highest BCUT2D eigenvalue weighted by molar-refractivity contribution is 7.10. The van der Waals surface area contributed by atoms with Gasteiger partial charge in [0, 0.05) is 30.8 Å². The van der Waals surface area contributed by atoms with Crippen LogP contribution in [0, 0.1) is 0 Å². The second kappa shape index (κ2) is 6.32. The zero-order valence-electron chi connectivity index (χ0n) is 11.9. The number of likely N-dealkylation sites (tertiary alicyclic amines) is 1. The molecule has 114 valence electrons. The van der Waals surface area contributed by atoms with Gasteiger partial charge in [-0.15, -0.1) is 22.9 Å². The first-order chi connectivity index (χ1) is 10.2. The van der Waals surface area contributed by atoms with Gasteiger partial charge in [-0.1, -0.05) is 5.16 Å². The highest BCUT2D eigenvalue weighted by Crippen LogP contribution is 2.31. The molecule has 1 atom stereocenters. The number of halogens is 1. The van der Waals surface area contributed by atoms with Gasteiger partial charge in [0.25, 0.3) is 0 Å². The molecule has 0 saturated carbocycles. The third kappa shape index (κ3) is 3.21. The van der Waals surface area contributed by atoms with Crippen LogP contribution in [0.25, 0.3) is 0 Å². The van der Waals surface area contributed by atoms with Crippen LogP contribution in [0.4, 0.5) is 0 Å². The lowest BCUT2D eigenvalue weighted by molar-refractivity contribution is -0.129. The second-order valence-electron chi connectivity index (χ2n) is 5.52. The van der Waals surface area contributed by atoms with Crippen LogP contribution < -0.4 is 0 Å². The number of carbonyl (C=O) groups is 1. The molecule has 1 unspecified atom stereocenters. The van der Waals surface area contributed by atoms with Crippen molar-refractivity contribution in [3.63, 3.8) is 0 Å². The van der Waals surface area contributed by atoms with E-state index in [0.29, 0.717) is 5.92 Å². The predicted molar refractivity (Wildman–Crippen MR) is 83.1 cm³/mol. The Hall–Kier alpha value is -1.14. The summed E-state index contributed by atoms with van der Waals surface area (Å²) in [5, 5.41) is 7.29. The molecule has 3 rings (SSSR count). The number of hydrogen-bond acceptors (Lipinski definition) is 5. The fourth-order valence-electron chi connectivity index (χ4n) is 2.72. The molecule has 0 N–H and O–H groups in total. The second-order valence-corrected chi connectivity index (χ2v) is 6.67. The smallest absolute Gasteiger partial charge is 0.237 e. The molecule has 21 heavy (non-hydrogen) atoms. The van der Waals surface area contributed by atoms with Crippen LogP contribution in [0.3, 0.4) is 0 Å². The number of piperidine rings is 1. The molecule has 5 nitrogen and oxygen atoms in total. The Morgan fingerprint density at radius 2 is 2.29 bits per heavy atom. The monoisotopic (exact) mass is 327 g/mol. The zero-order chi connectivity index (χ0) is 14.8. The van der Waals surface area contributed by atoms with Crippen molar-refractivity contribution < 1.29 is 9.63 Å². The first kappa shape index (κ1) is 14.8. The number of rotatable bonds is 3. The van der Waals surface area contributed by atoms with E-state index in [9.17, 15) is 4.79 Å². The Balaban J connectivity index is 1.61. The van der Waals surface area contributed by atoms with E-state index >= 15 is 0 Å². The summed E-state index contributed by atoms with van der Waals surface area (Å²) in [5.41, 5.74) is 1.89. The molecule has 1 amide bonds. The third-order valence-electron chi connectivity index (χ3n) is 3.95. The highest BCUT2D eigenvalue weighted by atomic mass is 35.5. The van der Waals surface area contributed by atoms with Gasteiger partial charge in [0.15, 0.2) is 0 Å². The normalized spacial score (nSPS) is 23.0. The Morgan fingerprint density at radius 3 is 2.90 bits per heavy atom. The van der Waals surface area contributed by atoms with Crippen LogP contribution in [-0.2, 0) is 9.63 Å². The Labute approximate surface area is 132 Å². The molecule has 3 heterocycles. The Morgan fingerprint density at radius 1 is 1.52 bits per heavy atom. The largest absolute Gasteiger partial charge is 0.392 e. The lowest BCUT2D eigenvalue weighted by Gasteiger charge is -2.30. The maximum absolute atomic E-state index is 11.6. The van der Waals surface area contributed by atoms with Gasteiger partial charge < -0.3 is 9.74 Å². The number of amides is 1. The van der Waals surface area contributed by atoms with Crippen molar-refractivity contribution in [1.82, 2.24) is 9.88 Å².